The Hall–Kier alpha value is -0.0400. The van der Waals surface area contributed by atoms with Crippen LogP contribution in [0.2, 0.25) is 0 Å². The fourth-order valence-electron chi connectivity index (χ4n) is 2.64. The summed E-state index contributed by atoms with van der Waals surface area (Å²) in [6, 6.07) is 0.766. The maximum absolute atomic E-state index is 3.76. The van der Waals surface area contributed by atoms with Crippen LogP contribution >= 0.6 is 0 Å². The molecule has 0 aromatic rings. The molecule has 1 rings (SSSR count). The molecule has 84 valence electrons. The minimum absolute atomic E-state index is 0.534. The minimum Gasteiger partial charge on any atom is -0.313 e. The van der Waals surface area contributed by atoms with Crippen LogP contribution in [0.15, 0.2) is 0 Å². The van der Waals surface area contributed by atoms with Crippen LogP contribution in [-0.2, 0) is 0 Å². The van der Waals surface area contributed by atoms with E-state index in [9.17, 15) is 0 Å². The van der Waals surface area contributed by atoms with Crippen molar-refractivity contribution in [1.29, 1.82) is 0 Å². The fourth-order valence-corrected chi connectivity index (χ4v) is 2.64. The molecule has 0 bridgehead atoms. The number of rotatable bonds is 5. The highest BCUT2D eigenvalue weighted by Crippen LogP contribution is 2.37. The van der Waals surface area contributed by atoms with Gasteiger partial charge in [-0.1, -0.05) is 40.5 Å². The average Bonchev–Trinajstić information content (AvgIpc) is 2.42. The second-order valence-electron chi connectivity index (χ2n) is 5.74. The quantitative estimate of drug-likeness (QED) is 0.710. The van der Waals surface area contributed by atoms with Crippen molar-refractivity contribution < 1.29 is 0 Å². The lowest BCUT2D eigenvalue weighted by molar-refractivity contribution is 0.271. The smallest absolute Gasteiger partial charge is 0.0118 e. The first-order valence-corrected chi connectivity index (χ1v) is 6.29. The van der Waals surface area contributed by atoms with Gasteiger partial charge in [-0.25, -0.2) is 0 Å². The summed E-state index contributed by atoms with van der Waals surface area (Å²) in [5, 5.41) is 3.76. The van der Waals surface area contributed by atoms with Crippen molar-refractivity contribution in [3.05, 3.63) is 0 Å². The largest absolute Gasteiger partial charge is 0.313 e. The molecule has 2 atom stereocenters. The summed E-state index contributed by atoms with van der Waals surface area (Å²) in [6.07, 6.45) is 6.86. The molecule has 0 saturated heterocycles. The Morgan fingerprint density at radius 2 is 2.14 bits per heavy atom. The molecule has 1 N–H and O–H groups in total. The third kappa shape index (κ3) is 3.27. The first-order valence-electron chi connectivity index (χ1n) is 6.29. The van der Waals surface area contributed by atoms with E-state index in [4.69, 9.17) is 0 Å². The molecular formula is C13H27N. The zero-order valence-corrected chi connectivity index (χ0v) is 10.4. The Kier molecular flexibility index (Phi) is 4.43. The van der Waals surface area contributed by atoms with Crippen molar-refractivity contribution in [1.82, 2.24) is 5.32 Å². The molecule has 1 aliphatic carbocycles. The van der Waals surface area contributed by atoms with E-state index in [1.165, 1.54) is 38.6 Å². The Morgan fingerprint density at radius 3 is 2.64 bits per heavy atom. The van der Waals surface area contributed by atoms with Gasteiger partial charge in [0.05, 0.1) is 0 Å². The SMILES string of the molecule is CCCC(C)CNC1CCCC1(C)C. The highest BCUT2D eigenvalue weighted by atomic mass is 14.9. The zero-order chi connectivity index (χ0) is 10.6. The van der Waals surface area contributed by atoms with Gasteiger partial charge in [0.2, 0.25) is 0 Å². The molecule has 0 radical (unpaired) electrons. The molecule has 2 unspecified atom stereocenters. The predicted octanol–water partition coefficient (Wildman–Crippen LogP) is 3.59. The Labute approximate surface area is 89.7 Å². The predicted molar refractivity (Wildman–Crippen MR) is 63.5 cm³/mol. The molecule has 0 heterocycles. The lowest BCUT2D eigenvalue weighted by Gasteiger charge is -2.29. The van der Waals surface area contributed by atoms with Crippen molar-refractivity contribution >= 4 is 0 Å². The van der Waals surface area contributed by atoms with E-state index in [0.29, 0.717) is 5.41 Å². The Morgan fingerprint density at radius 1 is 1.43 bits per heavy atom. The summed E-state index contributed by atoms with van der Waals surface area (Å²) < 4.78 is 0. The molecule has 1 heteroatoms. The molecule has 1 aliphatic rings. The first-order chi connectivity index (χ1) is 6.56. The van der Waals surface area contributed by atoms with Crippen molar-refractivity contribution in [2.45, 2.75) is 65.8 Å². The van der Waals surface area contributed by atoms with E-state index < -0.39 is 0 Å². The van der Waals surface area contributed by atoms with Crippen LogP contribution in [-0.4, -0.2) is 12.6 Å². The summed E-state index contributed by atoms with van der Waals surface area (Å²) >= 11 is 0. The van der Waals surface area contributed by atoms with Crippen LogP contribution < -0.4 is 5.32 Å². The van der Waals surface area contributed by atoms with E-state index >= 15 is 0 Å². The van der Waals surface area contributed by atoms with Crippen LogP contribution in [0.25, 0.3) is 0 Å². The summed E-state index contributed by atoms with van der Waals surface area (Å²) in [5.74, 6) is 0.844. The Balaban J connectivity index is 2.24. The highest BCUT2D eigenvalue weighted by molar-refractivity contribution is 4.90. The third-order valence-electron chi connectivity index (χ3n) is 3.75. The average molecular weight is 197 g/mol. The van der Waals surface area contributed by atoms with E-state index in [1.807, 2.05) is 0 Å². The molecule has 0 spiro atoms. The summed E-state index contributed by atoms with van der Waals surface area (Å²) in [5.41, 5.74) is 0.534. The highest BCUT2D eigenvalue weighted by Gasteiger charge is 2.33. The minimum atomic E-state index is 0.534. The van der Waals surface area contributed by atoms with E-state index in [1.54, 1.807) is 0 Å². The Bertz CT molecular complexity index is 163. The van der Waals surface area contributed by atoms with Crippen molar-refractivity contribution in [2.75, 3.05) is 6.54 Å². The van der Waals surface area contributed by atoms with Gasteiger partial charge in [-0.15, -0.1) is 0 Å². The maximum Gasteiger partial charge on any atom is 0.0118 e. The molecule has 14 heavy (non-hydrogen) atoms. The molecule has 1 fully saturated rings. The van der Waals surface area contributed by atoms with Crippen LogP contribution in [0.3, 0.4) is 0 Å². The van der Waals surface area contributed by atoms with E-state index in [-0.39, 0.29) is 0 Å². The third-order valence-corrected chi connectivity index (χ3v) is 3.75. The molecule has 0 aromatic heterocycles. The van der Waals surface area contributed by atoms with Crippen molar-refractivity contribution in [3.63, 3.8) is 0 Å². The van der Waals surface area contributed by atoms with Gasteiger partial charge in [-0.3, -0.25) is 0 Å². The topological polar surface area (TPSA) is 12.0 Å². The zero-order valence-electron chi connectivity index (χ0n) is 10.4. The number of nitrogens with one attached hydrogen (secondary N) is 1. The van der Waals surface area contributed by atoms with Crippen LogP contribution in [0.4, 0.5) is 0 Å². The second kappa shape index (κ2) is 5.16. The lowest BCUT2D eigenvalue weighted by atomic mass is 9.87. The van der Waals surface area contributed by atoms with Crippen LogP contribution in [0, 0.1) is 11.3 Å². The first kappa shape index (κ1) is 12.0. The number of hydrogen-bond acceptors (Lipinski definition) is 1. The van der Waals surface area contributed by atoms with Gasteiger partial charge in [0, 0.05) is 6.04 Å². The second-order valence-corrected chi connectivity index (χ2v) is 5.74. The maximum atomic E-state index is 3.76. The van der Waals surface area contributed by atoms with Gasteiger partial charge in [-0.2, -0.15) is 0 Å². The summed E-state index contributed by atoms with van der Waals surface area (Å²) in [6.45, 7) is 10.7. The molecule has 0 amide bonds. The standard InChI is InChI=1S/C13H27N/c1-5-7-11(2)10-14-12-8-6-9-13(12,3)4/h11-12,14H,5-10H2,1-4H3. The van der Waals surface area contributed by atoms with Gasteiger partial charge >= 0.3 is 0 Å². The molecule has 0 aliphatic heterocycles. The van der Waals surface area contributed by atoms with E-state index in [0.717, 1.165) is 12.0 Å². The fraction of sp³-hybridized carbons (Fsp3) is 1.00. The van der Waals surface area contributed by atoms with Crippen LogP contribution in [0.5, 0.6) is 0 Å². The van der Waals surface area contributed by atoms with Gasteiger partial charge in [0.1, 0.15) is 0 Å². The van der Waals surface area contributed by atoms with Crippen LogP contribution in [0.1, 0.15) is 59.8 Å². The van der Waals surface area contributed by atoms with Crippen molar-refractivity contribution in [2.24, 2.45) is 11.3 Å². The van der Waals surface area contributed by atoms with Gasteiger partial charge < -0.3 is 5.32 Å². The summed E-state index contributed by atoms with van der Waals surface area (Å²) in [4.78, 5) is 0. The molecule has 1 nitrogen and oxygen atoms in total. The molecule has 1 saturated carbocycles. The lowest BCUT2D eigenvalue weighted by Crippen LogP contribution is -2.39. The van der Waals surface area contributed by atoms with Gasteiger partial charge in [0.15, 0.2) is 0 Å². The number of hydrogen-bond donors (Lipinski definition) is 1. The normalized spacial score (nSPS) is 27.9. The van der Waals surface area contributed by atoms with E-state index in [2.05, 4.69) is 33.0 Å². The van der Waals surface area contributed by atoms with Gasteiger partial charge in [0.25, 0.3) is 0 Å². The van der Waals surface area contributed by atoms with Gasteiger partial charge in [-0.05, 0) is 37.1 Å². The van der Waals surface area contributed by atoms with Crippen molar-refractivity contribution in [3.8, 4) is 0 Å². The summed E-state index contributed by atoms with van der Waals surface area (Å²) in [7, 11) is 0. The molecular weight excluding hydrogens is 170 g/mol. The monoisotopic (exact) mass is 197 g/mol. The molecule has 0 aromatic carbocycles.